The number of nitrogens with one attached hydrogen (secondary N) is 2. The first-order valence-corrected chi connectivity index (χ1v) is 25.4. The van der Waals surface area contributed by atoms with E-state index in [2.05, 4.69) is 67.7 Å². The van der Waals surface area contributed by atoms with E-state index in [0.29, 0.717) is 58.5 Å². The number of amides is 2. The van der Waals surface area contributed by atoms with Gasteiger partial charge in [-0.1, -0.05) is 41.6 Å². The zero-order valence-electron chi connectivity index (χ0n) is 42.9. The van der Waals surface area contributed by atoms with Crippen LogP contribution in [0.1, 0.15) is 46.8 Å². The zero-order valence-corrected chi connectivity index (χ0v) is 42.9. The quantitative estimate of drug-likeness (QED) is 0.0424. The molecule has 1 aliphatic heterocycles. The molecule has 17 heteroatoms. The third-order valence-electron chi connectivity index (χ3n) is 12.6. The Labute approximate surface area is 428 Å². The fourth-order valence-corrected chi connectivity index (χ4v) is 8.69. The number of hydrogen-bond acceptors (Lipinski definition) is 14. The van der Waals surface area contributed by atoms with E-state index in [0.717, 1.165) is 134 Å². The van der Waals surface area contributed by atoms with E-state index < -0.39 is 0 Å². The number of hydrogen-bond donors (Lipinski definition) is 2. The second-order valence-corrected chi connectivity index (χ2v) is 17.8. The highest BCUT2D eigenvalue weighted by Gasteiger charge is 2.18. The SMILES string of the molecule is COc1ccc(CCCc2cccc(OCC(=O)NCCOCCOCCOCCC(=O)NCCOc3ccc(CCc4nc5cc(-c6c(C)noc6C)ccc5n4CCN4CCOCC4)cc3)c2)cc1OC. The highest BCUT2D eigenvalue weighted by molar-refractivity contribution is 5.83. The summed E-state index contributed by atoms with van der Waals surface area (Å²) in [5.41, 5.74) is 8.57. The maximum absolute atomic E-state index is 12.3. The van der Waals surface area contributed by atoms with E-state index in [4.69, 9.17) is 47.4 Å². The molecule has 1 aliphatic rings. The summed E-state index contributed by atoms with van der Waals surface area (Å²) in [7, 11) is 3.27. The van der Waals surface area contributed by atoms with Gasteiger partial charge in [-0.2, -0.15) is 0 Å². The molecule has 73 heavy (non-hydrogen) atoms. The zero-order chi connectivity index (χ0) is 51.0. The predicted octanol–water partition coefficient (Wildman–Crippen LogP) is 6.75. The number of fused-ring (bicyclic) bond motifs is 1. The summed E-state index contributed by atoms with van der Waals surface area (Å²) in [6, 6.07) is 28.4. The Hall–Kier alpha value is -6.50. The molecule has 2 amide bonds. The Morgan fingerprint density at radius 3 is 2.12 bits per heavy atom. The monoisotopic (exact) mass is 1000 g/mol. The maximum Gasteiger partial charge on any atom is 0.258 e. The first kappa shape index (κ1) is 54.3. The molecule has 0 saturated carbocycles. The summed E-state index contributed by atoms with van der Waals surface area (Å²) in [5, 5.41) is 9.85. The lowest BCUT2D eigenvalue weighted by Crippen LogP contribution is -2.38. The van der Waals surface area contributed by atoms with Crippen molar-refractivity contribution >= 4 is 22.8 Å². The van der Waals surface area contributed by atoms with Gasteiger partial charge in [-0.3, -0.25) is 14.5 Å². The third-order valence-corrected chi connectivity index (χ3v) is 12.6. The van der Waals surface area contributed by atoms with Gasteiger partial charge in [0.1, 0.15) is 29.7 Å². The Kier molecular flexibility index (Phi) is 21.8. The van der Waals surface area contributed by atoms with Crippen LogP contribution in [-0.4, -0.2) is 144 Å². The van der Waals surface area contributed by atoms with Gasteiger partial charge < -0.3 is 57.6 Å². The molecule has 392 valence electrons. The summed E-state index contributed by atoms with van der Waals surface area (Å²) in [6.07, 6.45) is 4.60. The van der Waals surface area contributed by atoms with E-state index in [1.165, 1.54) is 11.1 Å². The maximum atomic E-state index is 12.3. The molecule has 0 aliphatic carbocycles. The average molecular weight is 1010 g/mol. The third kappa shape index (κ3) is 17.3. The normalized spacial score (nSPS) is 12.8. The van der Waals surface area contributed by atoms with Crippen molar-refractivity contribution in [1.82, 2.24) is 30.2 Å². The van der Waals surface area contributed by atoms with Crippen LogP contribution < -0.4 is 29.6 Å². The van der Waals surface area contributed by atoms with Gasteiger partial charge in [-0.25, -0.2) is 4.98 Å². The number of ether oxygens (including phenoxy) is 8. The van der Waals surface area contributed by atoms with Gasteiger partial charge in [0.25, 0.3) is 5.91 Å². The van der Waals surface area contributed by atoms with E-state index in [9.17, 15) is 9.59 Å². The molecule has 0 spiro atoms. The number of carbonyl (C=O) groups excluding carboxylic acids is 2. The van der Waals surface area contributed by atoms with Crippen molar-refractivity contribution in [3.8, 4) is 34.1 Å². The molecule has 0 unspecified atom stereocenters. The van der Waals surface area contributed by atoms with E-state index >= 15 is 0 Å². The first-order chi connectivity index (χ1) is 35.8. The summed E-state index contributed by atoms with van der Waals surface area (Å²) in [4.78, 5) is 32.3. The minimum absolute atomic E-state index is 0.0787. The molecule has 6 aromatic rings. The molecule has 0 radical (unpaired) electrons. The molecule has 1 saturated heterocycles. The fraction of sp³-hybridized carbons (Fsp3) is 0.464. The average Bonchev–Trinajstić information content (AvgIpc) is 3.95. The topological polar surface area (TPSA) is 179 Å². The van der Waals surface area contributed by atoms with E-state index in [1.807, 2.05) is 56.3 Å². The number of imidazole rings is 1. The lowest BCUT2D eigenvalue weighted by molar-refractivity contribution is -0.123. The van der Waals surface area contributed by atoms with Crippen molar-refractivity contribution in [3.63, 3.8) is 0 Å². The van der Waals surface area contributed by atoms with Crippen LogP contribution in [0.5, 0.6) is 23.0 Å². The Bertz CT molecular complexity index is 2610. The molecular formula is C56H72N6O11. The predicted molar refractivity (Wildman–Crippen MR) is 278 cm³/mol. The molecule has 3 heterocycles. The van der Waals surface area contributed by atoms with Crippen LogP contribution in [0.25, 0.3) is 22.2 Å². The number of morpholine rings is 1. The number of benzene rings is 4. The van der Waals surface area contributed by atoms with Crippen LogP contribution in [0.15, 0.2) is 89.5 Å². The van der Waals surface area contributed by atoms with Crippen molar-refractivity contribution in [2.75, 3.05) is 113 Å². The summed E-state index contributed by atoms with van der Waals surface area (Å²) >= 11 is 0. The number of nitrogens with zero attached hydrogens (tertiary/aromatic N) is 4. The standard InChI is InChI=1S/C56H72N6O11/c1-41-56(42(2)73-60-41)46-15-18-50-49(39-46)59-53(62(50)25-24-61-26-31-69-32-27-61)20-14-43-11-16-47(17-12-43)71-30-23-57-54(63)21-28-67-33-35-70-36-34-68-29-22-58-55(64)40-72-48-10-6-9-44(37-48)7-5-8-45-13-19-51(65-3)52(38-45)66-4/h6,9-13,15-19,37-39H,5,7-8,14,20-36,40H2,1-4H3,(H,57,63)(H,58,64). The molecule has 2 aromatic heterocycles. The second-order valence-electron chi connectivity index (χ2n) is 17.8. The lowest BCUT2D eigenvalue weighted by Gasteiger charge is -2.27. The molecule has 1 fully saturated rings. The molecule has 0 bridgehead atoms. The molecule has 0 atom stereocenters. The lowest BCUT2D eigenvalue weighted by atomic mass is 10.0. The summed E-state index contributed by atoms with van der Waals surface area (Å²) in [5.74, 6) is 4.39. The van der Waals surface area contributed by atoms with Crippen molar-refractivity contribution in [3.05, 3.63) is 119 Å². The van der Waals surface area contributed by atoms with Crippen LogP contribution in [0, 0.1) is 13.8 Å². The van der Waals surface area contributed by atoms with Crippen molar-refractivity contribution in [1.29, 1.82) is 0 Å². The number of aryl methyl sites for hydroxylation is 6. The highest BCUT2D eigenvalue weighted by atomic mass is 16.5. The molecule has 7 rings (SSSR count). The molecular weight excluding hydrogens is 933 g/mol. The van der Waals surface area contributed by atoms with Gasteiger partial charge in [0.05, 0.1) is 90.3 Å². The van der Waals surface area contributed by atoms with Crippen molar-refractivity contribution in [2.45, 2.75) is 58.9 Å². The molecule has 17 nitrogen and oxygen atoms in total. The summed E-state index contributed by atoms with van der Waals surface area (Å²) < 4.78 is 52.5. The van der Waals surface area contributed by atoms with Crippen LogP contribution >= 0.6 is 0 Å². The van der Waals surface area contributed by atoms with Gasteiger partial charge in [-0.05, 0) is 110 Å². The number of methoxy groups -OCH3 is 2. The smallest absolute Gasteiger partial charge is 0.258 e. The fourth-order valence-electron chi connectivity index (χ4n) is 8.69. The van der Waals surface area contributed by atoms with Gasteiger partial charge in [0.15, 0.2) is 18.1 Å². The highest BCUT2D eigenvalue weighted by Crippen LogP contribution is 2.31. The minimum atomic E-state index is -0.220. The van der Waals surface area contributed by atoms with Gasteiger partial charge in [0, 0.05) is 51.1 Å². The number of rotatable bonds is 32. The van der Waals surface area contributed by atoms with E-state index in [-0.39, 0.29) is 31.4 Å². The second kappa shape index (κ2) is 29.3. The molecule has 4 aromatic carbocycles. The number of aromatic nitrogens is 3. The van der Waals surface area contributed by atoms with Crippen LogP contribution in [-0.2, 0) is 60.8 Å². The van der Waals surface area contributed by atoms with Gasteiger partial charge >= 0.3 is 0 Å². The van der Waals surface area contributed by atoms with Crippen molar-refractivity contribution in [2.24, 2.45) is 0 Å². The van der Waals surface area contributed by atoms with Crippen LogP contribution in [0.3, 0.4) is 0 Å². The number of carbonyl (C=O) groups is 2. The van der Waals surface area contributed by atoms with Crippen LogP contribution in [0.4, 0.5) is 0 Å². The first-order valence-electron chi connectivity index (χ1n) is 25.4. The summed E-state index contributed by atoms with van der Waals surface area (Å²) in [6.45, 7) is 12.3. The minimum Gasteiger partial charge on any atom is -0.493 e. The Morgan fingerprint density at radius 1 is 0.658 bits per heavy atom. The Balaban J connectivity index is 0.684. The van der Waals surface area contributed by atoms with E-state index in [1.54, 1.807) is 14.2 Å². The van der Waals surface area contributed by atoms with Crippen LogP contribution in [0.2, 0.25) is 0 Å². The largest absolute Gasteiger partial charge is 0.493 e. The van der Waals surface area contributed by atoms with Crippen molar-refractivity contribution < 1.29 is 52.0 Å². The Morgan fingerprint density at radius 2 is 1.37 bits per heavy atom. The van der Waals surface area contributed by atoms with Gasteiger partial charge in [-0.15, -0.1) is 0 Å². The molecule has 2 N–H and O–H groups in total. The van der Waals surface area contributed by atoms with Gasteiger partial charge in [0.2, 0.25) is 5.91 Å².